The number of fused-ring (bicyclic) bond motifs is 4. The molecule has 8 heterocycles. The highest BCUT2D eigenvalue weighted by Crippen LogP contribution is 2.40. The lowest BCUT2D eigenvalue weighted by atomic mass is 10.1. The van der Waals surface area contributed by atoms with Crippen molar-refractivity contribution in [3.05, 3.63) is 306 Å². The van der Waals surface area contributed by atoms with Gasteiger partial charge in [0.05, 0.1) is 58.4 Å². The minimum atomic E-state index is -0.494. The van der Waals surface area contributed by atoms with Crippen molar-refractivity contribution in [2.75, 3.05) is 14.2 Å². The van der Waals surface area contributed by atoms with Crippen LogP contribution in [-0.2, 0) is 35.9 Å². The molecule has 2 amide bonds. The summed E-state index contributed by atoms with van der Waals surface area (Å²) in [5.74, 6) is 0.236. The maximum Gasteiger partial charge on any atom is 0.351 e. The number of benzene rings is 8. The van der Waals surface area contributed by atoms with E-state index in [-0.39, 0.29) is 0 Å². The van der Waals surface area contributed by atoms with Gasteiger partial charge in [0.2, 0.25) is 0 Å². The average Bonchev–Trinajstić information content (AvgIpc) is 1.65. The first-order chi connectivity index (χ1) is 53.2. The predicted octanol–water partition coefficient (Wildman–Crippen LogP) is 18.9. The maximum absolute atomic E-state index is 12.3. The number of primary amides is 2. The monoisotopic (exact) mass is 1540 g/mol. The summed E-state index contributed by atoms with van der Waals surface area (Å²) in [6, 6.07) is 63.9. The molecule has 0 spiro atoms. The molecule has 0 bridgehead atoms. The van der Waals surface area contributed by atoms with Gasteiger partial charge in [0.15, 0.2) is 9.75 Å². The summed E-state index contributed by atoms with van der Waals surface area (Å²) in [5.41, 5.74) is 32.2. The second-order valence-electron chi connectivity index (χ2n) is 26.1. The number of methoxy groups -OCH3 is 2. The fourth-order valence-electron chi connectivity index (χ4n) is 12.1. The molecule has 556 valence electrons. The molecule has 4 N–H and O–H groups in total. The van der Waals surface area contributed by atoms with Gasteiger partial charge in [-0.25, -0.2) is 29.5 Å². The third-order valence-corrected chi connectivity index (χ3v) is 22.7. The van der Waals surface area contributed by atoms with Crippen molar-refractivity contribution in [3.63, 3.8) is 0 Å². The number of aryl methyl sites for hydroxylation is 8. The van der Waals surface area contributed by atoms with Gasteiger partial charge in [-0.2, -0.15) is 0 Å². The molecule has 8 aromatic heterocycles. The lowest BCUT2D eigenvalue weighted by molar-refractivity contribution is 0.0592. The third kappa shape index (κ3) is 17.1. The number of ether oxygens (including phenoxy) is 6. The molecule has 8 aromatic carbocycles. The second-order valence-corrected chi connectivity index (χ2v) is 30.2. The molecule has 0 aliphatic carbocycles. The Balaban J connectivity index is 0.000000129. The largest absolute Gasteiger partial charge is 0.487 e. The lowest BCUT2D eigenvalue weighted by Gasteiger charge is -2.08. The van der Waals surface area contributed by atoms with E-state index in [4.69, 9.17) is 39.9 Å². The summed E-state index contributed by atoms with van der Waals surface area (Å²) < 4.78 is 41.7. The van der Waals surface area contributed by atoms with Crippen LogP contribution in [0.2, 0.25) is 0 Å². The Kier molecular flexibility index (Phi) is 23.2. The molecule has 24 heteroatoms. The fraction of sp³-hybridized carbons (Fsp3) is 0.163. The Labute approximate surface area is 650 Å². The van der Waals surface area contributed by atoms with Crippen LogP contribution in [0.25, 0.3) is 64.1 Å². The molecular weight excluding hydrogens is 1460 g/mol. The third-order valence-electron chi connectivity index (χ3n) is 18.3. The number of aromatic nitrogens is 8. The summed E-state index contributed by atoms with van der Waals surface area (Å²) in [5, 5.41) is 3.39. The smallest absolute Gasteiger partial charge is 0.351 e. The van der Waals surface area contributed by atoms with Gasteiger partial charge in [0.25, 0.3) is 11.8 Å². The van der Waals surface area contributed by atoms with E-state index in [1.165, 1.54) is 59.6 Å². The van der Waals surface area contributed by atoms with E-state index < -0.39 is 23.8 Å². The molecule has 0 atom stereocenters. The van der Waals surface area contributed by atoms with Crippen molar-refractivity contribution in [2.45, 2.75) is 81.8 Å². The van der Waals surface area contributed by atoms with Gasteiger partial charge < -0.3 is 39.9 Å². The van der Waals surface area contributed by atoms with Gasteiger partial charge in [-0.3, -0.25) is 27.9 Å². The van der Waals surface area contributed by atoms with E-state index in [1.807, 2.05) is 256 Å². The number of thiophene rings is 4. The molecule has 110 heavy (non-hydrogen) atoms. The van der Waals surface area contributed by atoms with Crippen molar-refractivity contribution in [1.29, 1.82) is 0 Å². The quantitative estimate of drug-likeness (QED) is 0.0674. The van der Waals surface area contributed by atoms with E-state index in [0.29, 0.717) is 68.9 Å². The molecule has 0 saturated heterocycles. The number of nitrogens with two attached hydrogens (primary N) is 2. The Morgan fingerprint density at radius 2 is 0.582 bits per heavy atom. The molecule has 0 unspecified atom stereocenters. The van der Waals surface area contributed by atoms with E-state index in [2.05, 4.69) is 32.1 Å². The lowest BCUT2D eigenvalue weighted by Crippen LogP contribution is -2.10. The van der Waals surface area contributed by atoms with E-state index in [0.717, 1.165) is 131 Å². The Hall–Kier alpha value is -12.5. The maximum atomic E-state index is 12.3. The van der Waals surface area contributed by atoms with Gasteiger partial charge in [-0.1, -0.05) is 121 Å². The van der Waals surface area contributed by atoms with Crippen LogP contribution < -0.4 is 30.4 Å². The molecular formula is C86H78N10O10S4. The number of carbonyl (C=O) groups is 4. The average molecular weight is 1540 g/mol. The van der Waals surface area contributed by atoms with Crippen LogP contribution in [0.1, 0.15) is 105 Å². The van der Waals surface area contributed by atoms with Gasteiger partial charge in [0, 0.05) is 24.3 Å². The normalized spacial score (nSPS) is 11.0. The Morgan fingerprint density at radius 1 is 0.318 bits per heavy atom. The number of hydrogen-bond acceptors (Lipinski definition) is 18. The SMILES string of the molecule is COC(=O)c1sc(-n2cnc3cc(C)ccc32)cc1OCc1ccccc1C.COC(=O)c1sc(-n2cnc3ccc(C)cc32)cc1OCc1ccccc1C.Cc1ccc2c(c1)ncn2-c1cc(OCc2ccccc2C)c(C(N)=O)s1.Cc1ccc2ncn(-c3cc(OCc4ccccc4C)c(C(N)=O)s3)c2c1. The van der Waals surface area contributed by atoms with E-state index in [9.17, 15) is 19.2 Å². The number of nitrogens with zero attached hydrogens (tertiary/aromatic N) is 8. The fourth-order valence-corrected chi connectivity index (χ4v) is 15.9. The highest BCUT2D eigenvalue weighted by atomic mass is 32.1. The number of hydrogen-bond donors (Lipinski definition) is 2. The van der Waals surface area contributed by atoms with Crippen molar-refractivity contribution < 1.29 is 47.6 Å². The molecule has 0 aliphatic heterocycles. The van der Waals surface area contributed by atoms with Crippen LogP contribution >= 0.6 is 45.3 Å². The summed E-state index contributed by atoms with van der Waals surface area (Å²) in [4.78, 5) is 68.0. The van der Waals surface area contributed by atoms with Crippen molar-refractivity contribution in [3.8, 4) is 43.0 Å². The number of amides is 2. The summed E-state index contributed by atoms with van der Waals surface area (Å²) in [7, 11) is 2.76. The molecule has 16 aromatic rings. The Morgan fingerprint density at radius 3 is 0.882 bits per heavy atom. The zero-order valence-corrected chi connectivity index (χ0v) is 65.3. The number of imidazole rings is 4. The van der Waals surface area contributed by atoms with Crippen LogP contribution in [0.5, 0.6) is 23.0 Å². The van der Waals surface area contributed by atoms with Crippen molar-refractivity contribution in [2.24, 2.45) is 11.5 Å². The van der Waals surface area contributed by atoms with Crippen LogP contribution in [-0.4, -0.2) is 76.2 Å². The van der Waals surface area contributed by atoms with Gasteiger partial charge in [0.1, 0.15) is 104 Å². The first-order valence-corrected chi connectivity index (χ1v) is 38.2. The number of esters is 2. The zero-order valence-electron chi connectivity index (χ0n) is 62.1. The highest BCUT2D eigenvalue weighted by Gasteiger charge is 2.25. The summed E-state index contributed by atoms with van der Waals surface area (Å²) in [6.45, 7) is 17.8. The van der Waals surface area contributed by atoms with Crippen LogP contribution in [0.4, 0.5) is 0 Å². The summed E-state index contributed by atoms with van der Waals surface area (Å²) >= 11 is 5.28. The van der Waals surface area contributed by atoms with Crippen molar-refractivity contribution in [1.82, 2.24) is 38.2 Å². The molecule has 16 rings (SSSR count). The van der Waals surface area contributed by atoms with Gasteiger partial charge in [-0.15, -0.1) is 45.3 Å². The zero-order chi connectivity index (χ0) is 77.3. The standard InChI is InChI=1S/2C22H20N2O3S.2C21H19N3O2S/c1-14-8-9-18-17(10-14)23-13-24(18)20-11-19(21(28-20)22(25)26-3)27-12-16-7-5-4-6-15(16)2;1-14-8-9-17-18(10-14)24(13-23-17)20-11-19(21(28-20)22(25)26-3)27-12-16-7-5-4-6-15(16)2;1-13-7-8-17-16(9-13)23-12-24(17)19-10-18(20(27-19)21(22)25)26-11-15-6-4-3-5-14(15)2;1-13-7-8-16-17(9-13)24(12-23-16)19-10-18(20(27-19)21(22)25)26-11-15-6-4-3-5-14(15)2/h2*4-11,13H,12H2,1-3H3;2*3-10,12H,11H2,1-2H3,(H2,22,25). The Bertz CT molecular complexity index is 6070. The predicted molar refractivity (Wildman–Crippen MR) is 436 cm³/mol. The van der Waals surface area contributed by atoms with E-state index >= 15 is 0 Å². The minimum Gasteiger partial charge on any atom is -0.487 e. The molecule has 20 nitrogen and oxygen atoms in total. The highest BCUT2D eigenvalue weighted by molar-refractivity contribution is 7.18. The van der Waals surface area contributed by atoms with Gasteiger partial charge >= 0.3 is 11.9 Å². The van der Waals surface area contributed by atoms with Gasteiger partial charge in [-0.05, 0) is 171 Å². The van der Waals surface area contributed by atoms with Crippen LogP contribution in [0, 0.1) is 55.4 Å². The minimum absolute atomic E-state index is 0.382. The summed E-state index contributed by atoms with van der Waals surface area (Å²) in [6.07, 6.45) is 7.04. The number of carbonyl (C=O) groups excluding carboxylic acids is 4. The molecule has 0 radical (unpaired) electrons. The number of rotatable bonds is 20. The van der Waals surface area contributed by atoms with Crippen molar-refractivity contribution >= 4 is 113 Å². The second kappa shape index (κ2) is 33.8. The molecule has 0 aliphatic rings. The first kappa shape index (κ1) is 75.7. The topological polar surface area (TPSA) is 247 Å². The first-order valence-electron chi connectivity index (χ1n) is 35.0. The van der Waals surface area contributed by atoms with Crippen LogP contribution in [0.15, 0.2) is 219 Å². The van der Waals surface area contributed by atoms with E-state index in [1.54, 1.807) is 25.3 Å². The molecule has 0 fully saturated rings. The molecule has 0 saturated carbocycles. The van der Waals surface area contributed by atoms with Crippen LogP contribution in [0.3, 0.4) is 0 Å².